The second-order valence-corrected chi connectivity index (χ2v) is 3.69. The van der Waals surface area contributed by atoms with Crippen molar-refractivity contribution in [3.05, 3.63) is 51.8 Å². The summed E-state index contributed by atoms with van der Waals surface area (Å²) >= 11 is 11.6. The molecule has 0 aliphatic heterocycles. The van der Waals surface area contributed by atoms with E-state index in [1.165, 1.54) is 6.20 Å². The van der Waals surface area contributed by atoms with Crippen LogP contribution in [0.1, 0.15) is 15.9 Å². The summed E-state index contributed by atoms with van der Waals surface area (Å²) in [5.41, 5.74) is 0.743. The molecule has 2 aromatic rings. The van der Waals surface area contributed by atoms with Gasteiger partial charge >= 0.3 is 0 Å². The zero-order chi connectivity index (χ0) is 10.8. The van der Waals surface area contributed by atoms with E-state index in [0.29, 0.717) is 16.1 Å². The number of carbonyl (C=O) groups excluding carboxylic acids is 1. The molecule has 0 spiro atoms. The molecule has 0 unspecified atom stereocenters. The minimum Gasteiger partial charge on any atom is -0.288 e. The van der Waals surface area contributed by atoms with Gasteiger partial charge in [-0.25, -0.2) is 0 Å². The highest BCUT2D eigenvalue weighted by atomic mass is 35.5. The van der Waals surface area contributed by atoms with E-state index >= 15 is 0 Å². The van der Waals surface area contributed by atoms with Crippen LogP contribution in [0.5, 0.6) is 0 Å². The summed E-state index contributed by atoms with van der Waals surface area (Å²) in [6.45, 7) is 0. The van der Waals surface area contributed by atoms with Crippen LogP contribution in [0.3, 0.4) is 0 Å². The first-order valence-corrected chi connectivity index (χ1v) is 4.94. The molecule has 0 saturated carbocycles. The first-order valence-electron chi connectivity index (χ1n) is 4.18. The molecule has 0 saturated heterocycles. The number of hydrogen-bond acceptors (Lipinski definition) is 2. The van der Waals surface area contributed by atoms with Crippen molar-refractivity contribution in [1.82, 2.24) is 10.2 Å². The Bertz CT molecular complexity index is 508. The molecular weight excluding hydrogens is 235 g/mol. The summed E-state index contributed by atoms with van der Waals surface area (Å²) in [4.78, 5) is 11.9. The molecule has 15 heavy (non-hydrogen) atoms. The number of halogens is 2. The predicted molar refractivity (Wildman–Crippen MR) is 58.5 cm³/mol. The van der Waals surface area contributed by atoms with Crippen molar-refractivity contribution in [3.8, 4) is 0 Å². The van der Waals surface area contributed by atoms with Crippen LogP contribution in [0.2, 0.25) is 10.2 Å². The van der Waals surface area contributed by atoms with Crippen LogP contribution in [0, 0.1) is 0 Å². The first-order chi connectivity index (χ1) is 7.20. The molecule has 2 rings (SSSR count). The highest BCUT2D eigenvalue weighted by Crippen LogP contribution is 2.21. The van der Waals surface area contributed by atoms with Gasteiger partial charge < -0.3 is 0 Å². The van der Waals surface area contributed by atoms with E-state index in [9.17, 15) is 4.79 Å². The minimum atomic E-state index is -0.237. The monoisotopic (exact) mass is 240 g/mol. The summed E-state index contributed by atoms with van der Waals surface area (Å²) < 4.78 is 0. The normalized spacial score (nSPS) is 10.3. The molecule has 1 N–H and O–H groups in total. The number of nitrogens with zero attached hydrogens (tertiary/aromatic N) is 1. The molecular formula is C10H6Cl2N2O. The largest absolute Gasteiger partial charge is 0.288 e. The van der Waals surface area contributed by atoms with E-state index < -0.39 is 0 Å². The lowest BCUT2D eigenvalue weighted by molar-refractivity contribution is 0.103. The van der Waals surface area contributed by atoms with Gasteiger partial charge in [0, 0.05) is 5.56 Å². The molecule has 3 nitrogen and oxygen atoms in total. The van der Waals surface area contributed by atoms with Gasteiger partial charge in [-0.3, -0.25) is 9.89 Å². The Kier molecular flexibility index (Phi) is 2.75. The van der Waals surface area contributed by atoms with Gasteiger partial charge in [-0.05, 0) is 12.1 Å². The Morgan fingerprint density at radius 3 is 2.53 bits per heavy atom. The van der Waals surface area contributed by atoms with Gasteiger partial charge in [0.1, 0.15) is 5.15 Å². The van der Waals surface area contributed by atoms with Crippen LogP contribution in [-0.2, 0) is 0 Å². The second-order valence-electron chi connectivity index (χ2n) is 2.91. The third-order valence-electron chi connectivity index (χ3n) is 1.96. The van der Waals surface area contributed by atoms with Crippen LogP contribution >= 0.6 is 23.2 Å². The molecule has 0 aliphatic rings. The Balaban J connectivity index is 2.46. The SMILES string of the molecule is O=C(c1ccccc1Cl)c1cn[nH]c1Cl. The van der Waals surface area contributed by atoms with Crippen molar-refractivity contribution in [2.75, 3.05) is 0 Å². The molecule has 1 aromatic carbocycles. The van der Waals surface area contributed by atoms with Crippen LogP contribution in [0.4, 0.5) is 0 Å². The van der Waals surface area contributed by atoms with Gasteiger partial charge in [0.2, 0.25) is 0 Å². The summed E-state index contributed by atoms with van der Waals surface area (Å²) in [7, 11) is 0. The third-order valence-corrected chi connectivity index (χ3v) is 2.57. The number of aromatic nitrogens is 2. The molecule has 76 valence electrons. The lowest BCUT2D eigenvalue weighted by Crippen LogP contribution is -2.01. The Labute approximate surface area is 96.0 Å². The fourth-order valence-electron chi connectivity index (χ4n) is 1.22. The van der Waals surface area contributed by atoms with Gasteiger partial charge in [0.25, 0.3) is 0 Å². The van der Waals surface area contributed by atoms with Gasteiger partial charge in [-0.15, -0.1) is 0 Å². The quantitative estimate of drug-likeness (QED) is 0.821. The maximum absolute atomic E-state index is 11.9. The average Bonchev–Trinajstić information content (AvgIpc) is 2.64. The summed E-state index contributed by atoms with van der Waals surface area (Å²) in [6, 6.07) is 6.81. The molecule has 0 atom stereocenters. The van der Waals surface area contributed by atoms with Crippen molar-refractivity contribution < 1.29 is 4.79 Å². The highest BCUT2D eigenvalue weighted by molar-refractivity contribution is 6.37. The maximum atomic E-state index is 11.9. The topological polar surface area (TPSA) is 45.8 Å². The Hall–Kier alpha value is -1.32. The summed E-state index contributed by atoms with van der Waals surface area (Å²) in [5, 5.41) is 6.79. The van der Waals surface area contributed by atoms with E-state index in [-0.39, 0.29) is 10.9 Å². The highest BCUT2D eigenvalue weighted by Gasteiger charge is 2.16. The lowest BCUT2D eigenvalue weighted by atomic mass is 10.1. The molecule has 5 heteroatoms. The van der Waals surface area contributed by atoms with Gasteiger partial charge in [-0.1, -0.05) is 35.3 Å². The van der Waals surface area contributed by atoms with E-state index in [2.05, 4.69) is 10.2 Å². The molecule has 0 amide bonds. The zero-order valence-electron chi connectivity index (χ0n) is 7.50. The van der Waals surface area contributed by atoms with Crippen molar-refractivity contribution in [3.63, 3.8) is 0 Å². The molecule has 0 bridgehead atoms. The van der Waals surface area contributed by atoms with E-state index in [1.807, 2.05) is 0 Å². The number of nitrogens with one attached hydrogen (secondary N) is 1. The van der Waals surface area contributed by atoms with Gasteiger partial charge in [0.15, 0.2) is 5.78 Å². The summed E-state index contributed by atoms with van der Waals surface area (Å²) in [6.07, 6.45) is 1.38. The average molecular weight is 241 g/mol. The second kappa shape index (κ2) is 4.04. The first kappa shape index (κ1) is 10.2. The summed E-state index contributed by atoms with van der Waals surface area (Å²) in [5.74, 6) is -0.237. The van der Waals surface area contributed by atoms with E-state index in [4.69, 9.17) is 23.2 Å². The number of benzene rings is 1. The van der Waals surface area contributed by atoms with Crippen molar-refractivity contribution in [1.29, 1.82) is 0 Å². The maximum Gasteiger partial charge on any atom is 0.199 e. The number of rotatable bonds is 2. The number of H-pyrrole nitrogens is 1. The van der Waals surface area contributed by atoms with Crippen LogP contribution in [-0.4, -0.2) is 16.0 Å². The fraction of sp³-hybridized carbons (Fsp3) is 0. The molecule has 0 fully saturated rings. The minimum absolute atomic E-state index is 0.222. The smallest absolute Gasteiger partial charge is 0.199 e. The predicted octanol–water partition coefficient (Wildman–Crippen LogP) is 2.95. The van der Waals surface area contributed by atoms with Crippen molar-refractivity contribution in [2.24, 2.45) is 0 Å². The number of hydrogen-bond donors (Lipinski definition) is 1. The van der Waals surface area contributed by atoms with Gasteiger partial charge in [0.05, 0.1) is 16.8 Å². The van der Waals surface area contributed by atoms with E-state index in [1.54, 1.807) is 24.3 Å². The number of ketones is 1. The Morgan fingerprint density at radius 2 is 1.93 bits per heavy atom. The third kappa shape index (κ3) is 1.89. The molecule has 1 aromatic heterocycles. The number of aromatic amines is 1. The molecule has 1 heterocycles. The number of carbonyl (C=O) groups is 1. The zero-order valence-corrected chi connectivity index (χ0v) is 9.01. The molecule has 0 aliphatic carbocycles. The van der Waals surface area contributed by atoms with Crippen LogP contribution in [0.25, 0.3) is 0 Å². The van der Waals surface area contributed by atoms with Crippen molar-refractivity contribution >= 4 is 29.0 Å². The van der Waals surface area contributed by atoms with Crippen LogP contribution < -0.4 is 0 Å². The van der Waals surface area contributed by atoms with Crippen LogP contribution in [0.15, 0.2) is 30.5 Å². The van der Waals surface area contributed by atoms with Gasteiger partial charge in [-0.2, -0.15) is 5.10 Å². The Morgan fingerprint density at radius 1 is 1.20 bits per heavy atom. The van der Waals surface area contributed by atoms with E-state index in [0.717, 1.165) is 0 Å². The lowest BCUT2D eigenvalue weighted by Gasteiger charge is -2.00. The standard InChI is InChI=1S/C10H6Cl2N2O/c11-8-4-2-1-3-6(8)9(15)7-5-13-14-10(7)12/h1-5H,(H,13,14). The van der Waals surface area contributed by atoms with Crippen molar-refractivity contribution in [2.45, 2.75) is 0 Å². The fourth-order valence-corrected chi connectivity index (χ4v) is 1.62. The molecule has 0 radical (unpaired) electrons.